The fourth-order valence-electron chi connectivity index (χ4n) is 1.56. The summed E-state index contributed by atoms with van der Waals surface area (Å²) in [4.78, 5) is 11.4. The number of carbonyl (C=O) groups excluding carboxylic acids is 1. The standard InChI is InChI=1S/C11H13N3O2S/c1-2-3-6-9(15)12-11-14-13-10(17-11)8-5-4-7-16-8/h1,8H,3-7H2,(H,12,14,15). The lowest BCUT2D eigenvalue weighted by molar-refractivity contribution is -0.116. The number of anilines is 1. The van der Waals surface area contributed by atoms with Crippen LogP contribution in [0.3, 0.4) is 0 Å². The van der Waals surface area contributed by atoms with Gasteiger partial charge in [-0.05, 0) is 12.8 Å². The van der Waals surface area contributed by atoms with E-state index in [0.717, 1.165) is 24.5 Å². The Kier molecular flexibility index (Phi) is 4.07. The molecule has 1 N–H and O–H groups in total. The third-order valence-electron chi connectivity index (χ3n) is 2.39. The van der Waals surface area contributed by atoms with Gasteiger partial charge in [0.05, 0.1) is 0 Å². The average molecular weight is 251 g/mol. The van der Waals surface area contributed by atoms with E-state index in [1.54, 1.807) is 0 Å². The minimum absolute atomic E-state index is 0.0452. The lowest BCUT2D eigenvalue weighted by Gasteiger charge is -2.02. The molecular formula is C11H13N3O2S. The molecular weight excluding hydrogens is 238 g/mol. The van der Waals surface area contributed by atoms with Crippen molar-refractivity contribution in [2.45, 2.75) is 31.8 Å². The predicted octanol–water partition coefficient (Wildman–Crippen LogP) is 1.74. The van der Waals surface area contributed by atoms with Crippen molar-refractivity contribution in [1.82, 2.24) is 10.2 Å². The van der Waals surface area contributed by atoms with Crippen LogP contribution in [0.5, 0.6) is 0 Å². The summed E-state index contributed by atoms with van der Waals surface area (Å²) < 4.78 is 5.49. The minimum Gasteiger partial charge on any atom is -0.371 e. The van der Waals surface area contributed by atoms with Crippen LogP contribution in [-0.4, -0.2) is 22.7 Å². The Labute approximate surface area is 104 Å². The Balaban J connectivity index is 1.89. The highest BCUT2D eigenvalue weighted by Crippen LogP contribution is 2.31. The summed E-state index contributed by atoms with van der Waals surface area (Å²) in [5, 5.41) is 11.9. The maximum Gasteiger partial charge on any atom is 0.227 e. The van der Waals surface area contributed by atoms with Crippen molar-refractivity contribution in [2.75, 3.05) is 11.9 Å². The quantitative estimate of drug-likeness (QED) is 0.828. The normalized spacial score (nSPS) is 18.9. The van der Waals surface area contributed by atoms with Gasteiger partial charge in [-0.1, -0.05) is 11.3 Å². The van der Waals surface area contributed by atoms with Crippen molar-refractivity contribution in [2.24, 2.45) is 0 Å². The molecule has 2 heterocycles. The van der Waals surface area contributed by atoms with Crippen molar-refractivity contribution in [1.29, 1.82) is 0 Å². The van der Waals surface area contributed by atoms with Crippen LogP contribution in [0.15, 0.2) is 0 Å². The molecule has 1 aromatic heterocycles. The van der Waals surface area contributed by atoms with Crippen LogP contribution in [0.1, 0.15) is 36.8 Å². The monoisotopic (exact) mass is 251 g/mol. The highest BCUT2D eigenvalue weighted by atomic mass is 32.1. The molecule has 0 bridgehead atoms. The maximum absolute atomic E-state index is 11.4. The van der Waals surface area contributed by atoms with Crippen LogP contribution in [0, 0.1) is 12.3 Å². The van der Waals surface area contributed by atoms with Gasteiger partial charge in [0.15, 0.2) is 0 Å². The third kappa shape index (κ3) is 3.25. The fraction of sp³-hybridized carbons (Fsp3) is 0.545. The number of hydrogen-bond donors (Lipinski definition) is 1. The smallest absolute Gasteiger partial charge is 0.227 e. The molecule has 1 amide bonds. The van der Waals surface area contributed by atoms with Gasteiger partial charge < -0.3 is 10.1 Å². The van der Waals surface area contributed by atoms with Crippen LogP contribution in [0.4, 0.5) is 5.13 Å². The van der Waals surface area contributed by atoms with Gasteiger partial charge in [0.1, 0.15) is 11.1 Å². The SMILES string of the molecule is C#CCCC(=O)Nc1nnc(C2CCCO2)s1. The Hall–Kier alpha value is -1.45. The lowest BCUT2D eigenvalue weighted by atomic mass is 10.2. The molecule has 1 fully saturated rings. The van der Waals surface area contributed by atoms with E-state index in [1.165, 1.54) is 11.3 Å². The minimum atomic E-state index is -0.127. The molecule has 1 saturated heterocycles. The van der Waals surface area contributed by atoms with Gasteiger partial charge in [-0.15, -0.1) is 22.5 Å². The van der Waals surface area contributed by atoms with E-state index in [1.807, 2.05) is 0 Å². The van der Waals surface area contributed by atoms with Crippen LogP contribution in [0.2, 0.25) is 0 Å². The summed E-state index contributed by atoms with van der Waals surface area (Å²) >= 11 is 1.36. The van der Waals surface area contributed by atoms with Gasteiger partial charge >= 0.3 is 0 Å². The molecule has 1 aliphatic heterocycles. The predicted molar refractivity (Wildman–Crippen MR) is 64.5 cm³/mol. The Morgan fingerprint density at radius 2 is 2.53 bits per heavy atom. The van der Waals surface area contributed by atoms with E-state index >= 15 is 0 Å². The largest absolute Gasteiger partial charge is 0.371 e. The molecule has 1 atom stereocenters. The first-order valence-corrected chi connectivity index (χ1v) is 6.29. The number of hydrogen-bond acceptors (Lipinski definition) is 5. The molecule has 0 aromatic carbocycles. The molecule has 6 heteroatoms. The average Bonchev–Trinajstić information content (AvgIpc) is 2.95. The molecule has 1 unspecified atom stereocenters. The number of nitrogens with zero attached hydrogens (tertiary/aromatic N) is 2. The second kappa shape index (κ2) is 5.75. The van der Waals surface area contributed by atoms with Gasteiger partial charge in [0.2, 0.25) is 11.0 Å². The maximum atomic E-state index is 11.4. The van der Waals surface area contributed by atoms with Crippen LogP contribution < -0.4 is 5.32 Å². The van der Waals surface area contributed by atoms with E-state index < -0.39 is 0 Å². The molecule has 0 aliphatic carbocycles. The van der Waals surface area contributed by atoms with Crippen molar-refractivity contribution < 1.29 is 9.53 Å². The summed E-state index contributed by atoms with van der Waals surface area (Å²) in [7, 11) is 0. The zero-order chi connectivity index (χ0) is 12.1. The van der Waals surface area contributed by atoms with E-state index in [9.17, 15) is 4.79 Å². The van der Waals surface area contributed by atoms with E-state index in [0.29, 0.717) is 18.0 Å². The number of amides is 1. The number of rotatable bonds is 4. The van der Waals surface area contributed by atoms with Crippen molar-refractivity contribution in [3.8, 4) is 12.3 Å². The van der Waals surface area contributed by atoms with Crippen LogP contribution >= 0.6 is 11.3 Å². The van der Waals surface area contributed by atoms with Gasteiger partial charge in [0, 0.05) is 19.4 Å². The second-order valence-corrected chi connectivity index (χ2v) is 4.71. The summed E-state index contributed by atoms with van der Waals surface area (Å²) in [6.07, 6.45) is 7.90. The number of aromatic nitrogens is 2. The zero-order valence-corrected chi connectivity index (χ0v) is 10.1. The van der Waals surface area contributed by atoms with Gasteiger partial charge in [-0.25, -0.2) is 0 Å². The number of ether oxygens (including phenoxy) is 1. The molecule has 0 spiro atoms. The fourth-order valence-corrected chi connectivity index (χ4v) is 2.40. The van der Waals surface area contributed by atoms with E-state index in [4.69, 9.17) is 11.2 Å². The van der Waals surface area contributed by atoms with Gasteiger partial charge in [-0.2, -0.15) is 0 Å². The molecule has 90 valence electrons. The summed E-state index contributed by atoms with van der Waals surface area (Å²) in [5.41, 5.74) is 0. The van der Waals surface area contributed by atoms with Crippen molar-refractivity contribution in [3.05, 3.63) is 5.01 Å². The third-order valence-corrected chi connectivity index (χ3v) is 3.32. The first kappa shape index (κ1) is 12.0. The first-order valence-electron chi connectivity index (χ1n) is 5.48. The molecule has 0 radical (unpaired) electrons. The highest BCUT2D eigenvalue weighted by molar-refractivity contribution is 7.15. The van der Waals surface area contributed by atoms with Crippen LogP contribution in [-0.2, 0) is 9.53 Å². The van der Waals surface area contributed by atoms with E-state index in [2.05, 4.69) is 21.4 Å². The first-order chi connectivity index (χ1) is 8.29. The summed E-state index contributed by atoms with van der Waals surface area (Å²) in [6.45, 7) is 0.772. The Bertz CT molecular complexity index is 432. The molecule has 17 heavy (non-hydrogen) atoms. The number of carbonyl (C=O) groups is 1. The van der Waals surface area contributed by atoms with E-state index in [-0.39, 0.29) is 12.0 Å². The van der Waals surface area contributed by atoms with Crippen LogP contribution in [0.25, 0.3) is 0 Å². The second-order valence-electron chi connectivity index (χ2n) is 3.70. The number of terminal acetylenes is 1. The molecule has 1 aliphatic rings. The molecule has 0 saturated carbocycles. The highest BCUT2D eigenvalue weighted by Gasteiger charge is 2.22. The molecule has 5 nitrogen and oxygen atoms in total. The van der Waals surface area contributed by atoms with Gasteiger partial charge in [-0.3, -0.25) is 4.79 Å². The Morgan fingerprint density at radius 1 is 1.65 bits per heavy atom. The number of nitrogens with one attached hydrogen (secondary N) is 1. The van der Waals surface area contributed by atoms with Crippen molar-refractivity contribution in [3.63, 3.8) is 0 Å². The van der Waals surface area contributed by atoms with Crippen molar-refractivity contribution >= 4 is 22.4 Å². The topological polar surface area (TPSA) is 64.1 Å². The lowest BCUT2D eigenvalue weighted by Crippen LogP contribution is -2.10. The molecule has 1 aromatic rings. The Morgan fingerprint density at radius 3 is 3.24 bits per heavy atom. The molecule has 2 rings (SSSR count). The summed E-state index contributed by atoms with van der Waals surface area (Å²) in [6, 6.07) is 0. The summed E-state index contributed by atoms with van der Waals surface area (Å²) in [5.74, 6) is 2.29. The zero-order valence-electron chi connectivity index (χ0n) is 9.31. The van der Waals surface area contributed by atoms with Gasteiger partial charge in [0.25, 0.3) is 0 Å².